The van der Waals surface area contributed by atoms with E-state index in [0.29, 0.717) is 16.8 Å². The molecule has 15 heavy (non-hydrogen) atoms. The van der Waals surface area contributed by atoms with Crippen LogP contribution < -0.4 is 5.73 Å². The third-order valence-electron chi connectivity index (χ3n) is 2.13. The lowest BCUT2D eigenvalue weighted by atomic mass is 10.1. The van der Waals surface area contributed by atoms with Crippen molar-refractivity contribution in [3.05, 3.63) is 29.3 Å². The molecule has 0 aliphatic rings. The van der Waals surface area contributed by atoms with Gasteiger partial charge < -0.3 is 5.73 Å². The second-order valence-electron chi connectivity index (χ2n) is 3.17. The maximum absolute atomic E-state index is 11.1. The fourth-order valence-corrected chi connectivity index (χ4v) is 2.06. The third-order valence-corrected chi connectivity index (χ3v) is 3.04. The van der Waals surface area contributed by atoms with Crippen LogP contribution in [0.4, 0.5) is 5.69 Å². The van der Waals surface area contributed by atoms with E-state index in [1.54, 1.807) is 26.0 Å². The van der Waals surface area contributed by atoms with E-state index in [2.05, 4.69) is 0 Å². The summed E-state index contributed by atoms with van der Waals surface area (Å²) in [6, 6.07) is 2.76. The van der Waals surface area contributed by atoms with Gasteiger partial charge in [0.15, 0.2) is 0 Å². The quantitative estimate of drug-likeness (QED) is 0.597. The van der Waals surface area contributed by atoms with Gasteiger partial charge in [-0.05, 0) is 31.5 Å². The largest absolute Gasteiger partial charge is 0.398 e. The zero-order valence-corrected chi connectivity index (χ0v) is 9.38. The summed E-state index contributed by atoms with van der Waals surface area (Å²) >= 11 is 0. The zero-order chi connectivity index (χ0) is 11.6. The first kappa shape index (κ1) is 11.7. The lowest BCUT2D eigenvalue weighted by molar-refractivity contribution is 0.483. The predicted molar refractivity (Wildman–Crippen MR) is 60.1 cm³/mol. The molecular formula is C10H13NO3S. The number of hydrogen-bond acceptors (Lipinski definition) is 3. The van der Waals surface area contributed by atoms with E-state index in [4.69, 9.17) is 10.3 Å². The van der Waals surface area contributed by atoms with Crippen molar-refractivity contribution in [2.75, 3.05) is 5.73 Å². The van der Waals surface area contributed by atoms with Crippen molar-refractivity contribution in [3.63, 3.8) is 0 Å². The first-order valence-electron chi connectivity index (χ1n) is 4.37. The summed E-state index contributed by atoms with van der Waals surface area (Å²) < 4.78 is 31.2. The average molecular weight is 227 g/mol. The van der Waals surface area contributed by atoms with Gasteiger partial charge in [0.2, 0.25) is 0 Å². The molecule has 0 atom stereocenters. The molecule has 0 radical (unpaired) electrons. The second kappa shape index (κ2) is 4.04. The highest BCUT2D eigenvalue weighted by Gasteiger charge is 2.16. The molecule has 0 spiro atoms. The van der Waals surface area contributed by atoms with Crippen LogP contribution in [0.2, 0.25) is 0 Å². The minimum atomic E-state index is -4.20. The van der Waals surface area contributed by atoms with Gasteiger partial charge in [0.25, 0.3) is 10.1 Å². The van der Waals surface area contributed by atoms with Crippen molar-refractivity contribution >= 4 is 21.9 Å². The maximum Gasteiger partial charge on any atom is 0.295 e. The molecule has 0 heterocycles. The lowest BCUT2D eigenvalue weighted by Crippen LogP contribution is -2.04. The molecule has 1 aromatic rings. The molecule has 1 rings (SSSR count). The average Bonchev–Trinajstić information content (AvgIpc) is 2.11. The smallest absolute Gasteiger partial charge is 0.295 e. The summed E-state index contributed by atoms with van der Waals surface area (Å²) in [5, 5.41) is 0. The maximum atomic E-state index is 11.1. The van der Waals surface area contributed by atoms with Gasteiger partial charge in [-0.25, -0.2) is 0 Å². The summed E-state index contributed by atoms with van der Waals surface area (Å²) in [6.07, 6.45) is 3.30. The summed E-state index contributed by atoms with van der Waals surface area (Å²) in [6.45, 7) is 3.47. The Balaban J connectivity index is 3.62. The predicted octanol–water partition coefficient (Wildman–Crippen LogP) is 1.86. The molecule has 0 unspecified atom stereocenters. The molecule has 0 bridgehead atoms. The Bertz CT molecular complexity index is 504. The monoisotopic (exact) mass is 227 g/mol. The van der Waals surface area contributed by atoms with Crippen molar-refractivity contribution in [1.29, 1.82) is 0 Å². The molecule has 0 aliphatic carbocycles. The Morgan fingerprint density at radius 2 is 2.00 bits per heavy atom. The summed E-state index contributed by atoms with van der Waals surface area (Å²) in [5.41, 5.74) is 7.22. The van der Waals surface area contributed by atoms with Crippen LogP contribution in [0.3, 0.4) is 0 Å². The van der Waals surface area contributed by atoms with Crippen LogP contribution in [0.5, 0.6) is 0 Å². The van der Waals surface area contributed by atoms with E-state index in [1.165, 1.54) is 12.1 Å². The van der Waals surface area contributed by atoms with Crippen molar-refractivity contribution in [2.24, 2.45) is 0 Å². The van der Waals surface area contributed by atoms with Crippen LogP contribution in [0.1, 0.15) is 18.1 Å². The number of anilines is 1. The van der Waals surface area contributed by atoms with Crippen LogP contribution in [0.25, 0.3) is 6.08 Å². The zero-order valence-electron chi connectivity index (χ0n) is 8.56. The van der Waals surface area contributed by atoms with E-state index < -0.39 is 10.1 Å². The number of nitrogens with two attached hydrogens (primary N) is 1. The first-order chi connectivity index (χ1) is 6.88. The molecule has 3 N–H and O–H groups in total. The van der Waals surface area contributed by atoms with Crippen molar-refractivity contribution < 1.29 is 13.0 Å². The van der Waals surface area contributed by atoms with Crippen molar-refractivity contribution in [3.8, 4) is 0 Å². The van der Waals surface area contributed by atoms with Gasteiger partial charge in [0.05, 0.1) is 0 Å². The van der Waals surface area contributed by atoms with Crippen LogP contribution >= 0.6 is 0 Å². The molecule has 0 saturated carbocycles. The molecular weight excluding hydrogens is 214 g/mol. The summed E-state index contributed by atoms with van der Waals surface area (Å²) in [4.78, 5) is -0.118. The van der Waals surface area contributed by atoms with Gasteiger partial charge in [0, 0.05) is 11.3 Å². The molecule has 0 aromatic heterocycles. The summed E-state index contributed by atoms with van der Waals surface area (Å²) in [7, 11) is -4.20. The Morgan fingerprint density at radius 3 is 2.47 bits per heavy atom. The summed E-state index contributed by atoms with van der Waals surface area (Å²) in [5.74, 6) is 0. The Hall–Kier alpha value is -1.33. The molecule has 0 fully saturated rings. The fraction of sp³-hybridized carbons (Fsp3) is 0.200. The first-order valence-corrected chi connectivity index (χ1v) is 5.81. The van der Waals surface area contributed by atoms with E-state index in [1.807, 2.05) is 0 Å². The van der Waals surface area contributed by atoms with Gasteiger partial charge in [0.1, 0.15) is 4.90 Å². The number of nitrogen functional groups attached to an aromatic ring is 1. The lowest BCUT2D eigenvalue weighted by Gasteiger charge is -2.08. The Morgan fingerprint density at radius 1 is 1.40 bits per heavy atom. The third kappa shape index (κ3) is 2.37. The van der Waals surface area contributed by atoms with Gasteiger partial charge in [-0.1, -0.05) is 12.2 Å². The molecule has 82 valence electrons. The van der Waals surface area contributed by atoms with Crippen LogP contribution in [-0.4, -0.2) is 13.0 Å². The molecule has 0 saturated heterocycles. The minimum Gasteiger partial charge on any atom is -0.398 e. The van der Waals surface area contributed by atoms with E-state index in [9.17, 15) is 8.42 Å². The number of benzene rings is 1. The van der Waals surface area contributed by atoms with Crippen molar-refractivity contribution in [1.82, 2.24) is 0 Å². The van der Waals surface area contributed by atoms with E-state index >= 15 is 0 Å². The standard InChI is InChI=1S/C10H13NO3S/c1-3-4-8-7(2)9(11)5-6-10(8)15(12,13)14/h3-6H,11H2,1-2H3,(H,12,13,14). The van der Waals surface area contributed by atoms with Gasteiger partial charge in [-0.3, -0.25) is 4.55 Å². The number of hydrogen-bond donors (Lipinski definition) is 2. The molecule has 5 heteroatoms. The Labute approximate surface area is 89.2 Å². The van der Waals surface area contributed by atoms with Gasteiger partial charge in [-0.15, -0.1) is 0 Å². The molecule has 0 amide bonds. The highest BCUT2D eigenvalue weighted by molar-refractivity contribution is 7.85. The second-order valence-corrected chi connectivity index (χ2v) is 4.56. The van der Waals surface area contributed by atoms with Crippen LogP contribution in [0.15, 0.2) is 23.1 Å². The number of rotatable bonds is 2. The normalized spacial score (nSPS) is 12.2. The molecule has 1 aromatic carbocycles. The van der Waals surface area contributed by atoms with Crippen LogP contribution in [-0.2, 0) is 10.1 Å². The molecule has 0 aliphatic heterocycles. The van der Waals surface area contributed by atoms with E-state index in [0.717, 1.165) is 0 Å². The fourth-order valence-electron chi connectivity index (χ4n) is 1.32. The SMILES string of the molecule is CC=Cc1c(S(=O)(=O)O)ccc(N)c1C. The van der Waals surface area contributed by atoms with E-state index in [-0.39, 0.29) is 4.90 Å². The van der Waals surface area contributed by atoms with Gasteiger partial charge >= 0.3 is 0 Å². The minimum absolute atomic E-state index is 0.118. The molecule has 4 nitrogen and oxygen atoms in total. The Kier molecular flexibility index (Phi) is 3.16. The highest BCUT2D eigenvalue weighted by atomic mass is 32.2. The highest BCUT2D eigenvalue weighted by Crippen LogP contribution is 2.25. The van der Waals surface area contributed by atoms with Gasteiger partial charge in [-0.2, -0.15) is 8.42 Å². The topological polar surface area (TPSA) is 80.4 Å². The number of allylic oxidation sites excluding steroid dienone is 1. The van der Waals surface area contributed by atoms with Crippen molar-refractivity contribution in [2.45, 2.75) is 18.7 Å². The van der Waals surface area contributed by atoms with Crippen LogP contribution in [0, 0.1) is 6.92 Å².